The van der Waals surface area contributed by atoms with Crippen molar-refractivity contribution in [3.05, 3.63) is 29.3 Å². The SMILES string of the molecule is Cc1ccc([C@H](C)O)c(O)c1. The highest BCUT2D eigenvalue weighted by Crippen LogP contribution is 2.24. The predicted molar refractivity (Wildman–Crippen MR) is 43.5 cm³/mol. The first kappa shape index (κ1) is 8.08. The van der Waals surface area contributed by atoms with Crippen molar-refractivity contribution in [2.24, 2.45) is 0 Å². The van der Waals surface area contributed by atoms with Gasteiger partial charge in [-0.2, -0.15) is 0 Å². The Hall–Kier alpha value is -1.02. The molecular weight excluding hydrogens is 140 g/mol. The standard InChI is InChI=1S/C9H12O2/c1-6-3-4-8(7(2)10)9(11)5-6/h3-5,7,10-11H,1-2H3/t7-/m0/s1. The van der Waals surface area contributed by atoms with Crippen molar-refractivity contribution >= 4 is 0 Å². The Labute approximate surface area is 66.1 Å². The maximum absolute atomic E-state index is 9.30. The minimum absolute atomic E-state index is 0.167. The van der Waals surface area contributed by atoms with Crippen LogP contribution in [0.2, 0.25) is 0 Å². The van der Waals surface area contributed by atoms with Crippen molar-refractivity contribution in [2.45, 2.75) is 20.0 Å². The molecule has 60 valence electrons. The van der Waals surface area contributed by atoms with Gasteiger partial charge in [0.25, 0.3) is 0 Å². The summed E-state index contributed by atoms with van der Waals surface area (Å²) in [4.78, 5) is 0. The van der Waals surface area contributed by atoms with Crippen LogP contribution in [0.3, 0.4) is 0 Å². The summed E-state index contributed by atoms with van der Waals surface area (Å²) in [5.41, 5.74) is 1.57. The Bertz CT molecular complexity index is 254. The van der Waals surface area contributed by atoms with Crippen LogP contribution in [0.4, 0.5) is 0 Å². The van der Waals surface area contributed by atoms with Gasteiger partial charge in [0.05, 0.1) is 6.10 Å². The summed E-state index contributed by atoms with van der Waals surface area (Å²) in [6.45, 7) is 3.52. The smallest absolute Gasteiger partial charge is 0.121 e. The van der Waals surface area contributed by atoms with E-state index in [1.54, 1.807) is 19.1 Å². The maximum atomic E-state index is 9.30. The Kier molecular flexibility index (Phi) is 2.15. The molecule has 0 unspecified atom stereocenters. The first-order chi connectivity index (χ1) is 5.11. The van der Waals surface area contributed by atoms with Crippen LogP contribution in [0.1, 0.15) is 24.2 Å². The largest absolute Gasteiger partial charge is 0.508 e. The number of hydrogen-bond donors (Lipinski definition) is 2. The van der Waals surface area contributed by atoms with Gasteiger partial charge in [-0.05, 0) is 25.5 Å². The molecule has 0 bridgehead atoms. The summed E-state index contributed by atoms with van der Waals surface area (Å²) in [6, 6.07) is 5.24. The number of aryl methyl sites for hydroxylation is 1. The van der Waals surface area contributed by atoms with Gasteiger partial charge >= 0.3 is 0 Å². The molecule has 0 amide bonds. The van der Waals surface area contributed by atoms with Crippen molar-refractivity contribution in [3.8, 4) is 5.75 Å². The maximum Gasteiger partial charge on any atom is 0.121 e. The molecule has 0 saturated heterocycles. The number of benzene rings is 1. The molecule has 0 aliphatic rings. The van der Waals surface area contributed by atoms with E-state index in [9.17, 15) is 5.11 Å². The highest BCUT2D eigenvalue weighted by molar-refractivity contribution is 5.36. The van der Waals surface area contributed by atoms with Crippen LogP contribution in [0.5, 0.6) is 5.75 Å². The second-order valence-electron chi connectivity index (χ2n) is 2.74. The lowest BCUT2D eigenvalue weighted by molar-refractivity contribution is 0.195. The van der Waals surface area contributed by atoms with Crippen molar-refractivity contribution < 1.29 is 10.2 Å². The summed E-state index contributed by atoms with van der Waals surface area (Å²) >= 11 is 0. The number of aliphatic hydroxyl groups excluding tert-OH is 1. The Morgan fingerprint density at radius 1 is 1.36 bits per heavy atom. The van der Waals surface area contributed by atoms with Gasteiger partial charge in [0.2, 0.25) is 0 Å². The van der Waals surface area contributed by atoms with E-state index in [2.05, 4.69) is 0 Å². The summed E-state index contributed by atoms with van der Waals surface area (Å²) in [6.07, 6.45) is -0.601. The second kappa shape index (κ2) is 2.93. The third kappa shape index (κ3) is 1.71. The third-order valence-electron chi connectivity index (χ3n) is 1.64. The number of hydrogen-bond acceptors (Lipinski definition) is 2. The molecular formula is C9H12O2. The fraction of sp³-hybridized carbons (Fsp3) is 0.333. The molecule has 11 heavy (non-hydrogen) atoms. The van der Waals surface area contributed by atoms with Crippen LogP contribution in [-0.2, 0) is 0 Å². The van der Waals surface area contributed by atoms with Crippen LogP contribution in [0, 0.1) is 6.92 Å². The molecule has 0 fully saturated rings. The molecule has 0 spiro atoms. The number of phenolic OH excluding ortho intramolecular Hbond substituents is 1. The predicted octanol–water partition coefficient (Wildman–Crippen LogP) is 1.75. The lowest BCUT2D eigenvalue weighted by atomic mass is 10.1. The highest BCUT2D eigenvalue weighted by atomic mass is 16.3. The number of aromatic hydroxyl groups is 1. The summed E-state index contributed by atoms with van der Waals surface area (Å²) in [7, 11) is 0. The normalized spacial score (nSPS) is 13.0. The molecule has 2 heteroatoms. The highest BCUT2D eigenvalue weighted by Gasteiger charge is 2.05. The quantitative estimate of drug-likeness (QED) is 0.643. The van der Waals surface area contributed by atoms with Gasteiger partial charge in [-0.15, -0.1) is 0 Å². The van der Waals surface area contributed by atoms with Crippen LogP contribution < -0.4 is 0 Å². The Balaban J connectivity index is 3.09. The molecule has 1 aromatic carbocycles. The zero-order valence-electron chi connectivity index (χ0n) is 6.70. The summed E-state index contributed by atoms with van der Waals surface area (Å²) in [5, 5.41) is 18.4. The Morgan fingerprint density at radius 3 is 2.45 bits per heavy atom. The van der Waals surface area contributed by atoms with Gasteiger partial charge in [0.1, 0.15) is 5.75 Å². The van der Waals surface area contributed by atoms with E-state index in [1.165, 1.54) is 0 Å². The average Bonchev–Trinajstić information content (AvgIpc) is 1.85. The zero-order valence-corrected chi connectivity index (χ0v) is 6.70. The zero-order chi connectivity index (χ0) is 8.43. The van der Waals surface area contributed by atoms with Gasteiger partial charge < -0.3 is 10.2 Å². The molecule has 2 N–H and O–H groups in total. The number of aliphatic hydroxyl groups is 1. The van der Waals surface area contributed by atoms with E-state index in [1.807, 2.05) is 13.0 Å². The molecule has 1 aromatic rings. The third-order valence-corrected chi connectivity index (χ3v) is 1.64. The molecule has 2 nitrogen and oxygen atoms in total. The van der Waals surface area contributed by atoms with E-state index in [0.717, 1.165) is 5.56 Å². The van der Waals surface area contributed by atoms with E-state index >= 15 is 0 Å². The Morgan fingerprint density at radius 2 is 2.00 bits per heavy atom. The summed E-state index contributed by atoms with van der Waals surface area (Å²) in [5.74, 6) is 0.167. The van der Waals surface area contributed by atoms with Gasteiger partial charge in [0, 0.05) is 5.56 Å². The van der Waals surface area contributed by atoms with Crippen molar-refractivity contribution in [3.63, 3.8) is 0 Å². The molecule has 1 atom stereocenters. The average molecular weight is 152 g/mol. The van der Waals surface area contributed by atoms with E-state index in [0.29, 0.717) is 5.56 Å². The molecule has 0 aliphatic carbocycles. The fourth-order valence-electron chi connectivity index (χ4n) is 1.01. The van der Waals surface area contributed by atoms with Crippen LogP contribution in [0.15, 0.2) is 18.2 Å². The first-order valence-corrected chi connectivity index (χ1v) is 3.59. The van der Waals surface area contributed by atoms with Crippen molar-refractivity contribution in [2.75, 3.05) is 0 Å². The molecule has 0 aliphatic heterocycles. The fourth-order valence-corrected chi connectivity index (χ4v) is 1.01. The van der Waals surface area contributed by atoms with Crippen molar-refractivity contribution in [1.29, 1.82) is 0 Å². The molecule has 0 aromatic heterocycles. The van der Waals surface area contributed by atoms with E-state index < -0.39 is 6.10 Å². The number of phenols is 1. The lowest BCUT2D eigenvalue weighted by Gasteiger charge is -2.06. The molecule has 1 rings (SSSR count). The topological polar surface area (TPSA) is 40.5 Å². The van der Waals surface area contributed by atoms with Crippen LogP contribution in [0.25, 0.3) is 0 Å². The monoisotopic (exact) mass is 152 g/mol. The van der Waals surface area contributed by atoms with E-state index in [4.69, 9.17) is 5.11 Å². The first-order valence-electron chi connectivity index (χ1n) is 3.59. The minimum Gasteiger partial charge on any atom is -0.508 e. The second-order valence-corrected chi connectivity index (χ2v) is 2.74. The lowest BCUT2D eigenvalue weighted by Crippen LogP contribution is -1.91. The van der Waals surface area contributed by atoms with Gasteiger partial charge in [-0.1, -0.05) is 12.1 Å². The number of rotatable bonds is 1. The van der Waals surface area contributed by atoms with Gasteiger partial charge in [0.15, 0.2) is 0 Å². The van der Waals surface area contributed by atoms with Gasteiger partial charge in [-0.3, -0.25) is 0 Å². The van der Waals surface area contributed by atoms with E-state index in [-0.39, 0.29) is 5.75 Å². The van der Waals surface area contributed by atoms with Crippen LogP contribution in [-0.4, -0.2) is 10.2 Å². The molecule has 0 saturated carbocycles. The molecule has 0 heterocycles. The van der Waals surface area contributed by atoms with Crippen molar-refractivity contribution in [1.82, 2.24) is 0 Å². The van der Waals surface area contributed by atoms with Gasteiger partial charge in [-0.25, -0.2) is 0 Å². The minimum atomic E-state index is -0.601. The molecule has 0 radical (unpaired) electrons. The van der Waals surface area contributed by atoms with Crippen LogP contribution >= 0.6 is 0 Å². The summed E-state index contributed by atoms with van der Waals surface area (Å²) < 4.78 is 0.